The number of anilines is 3. The van der Waals surface area contributed by atoms with E-state index in [-0.39, 0.29) is 12.1 Å². The molecule has 0 aliphatic carbocycles. The van der Waals surface area contributed by atoms with Crippen LogP contribution in [0, 0.1) is 18.3 Å². The number of hydrogen-bond acceptors (Lipinski definition) is 10. The highest BCUT2D eigenvalue weighted by molar-refractivity contribution is 5.91. The van der Waals surface area contributed by atoms with E-state index in [1.807, 2.05) is 75.7 Å². The second-order valence-electron chi connectivity index (χ2n) is 12.9. The maximum Gasteiger partial charge on any atom is 0.323 e. The van der Waals surface area contributed by atoms with E-state index in [2.05, 4.69) is 43.7 Å². The minimum Gasteiger partial charge on any atom is -0.359 e. The molecule has 262 valence electrons. The molecule has 0 spiro atoms. The van der Waals surface area contributed by atoms with E-state index in [0.29, 0.717) is 42.5 Å². The van der Waals surface area contributed by atoms with Crippen LogP contribution in [-0.2, 0) is 13.6 Å². The smallest absolute Gasteiger partial charge is 0.323 e. The first kappa shape index (κ1) is 35.0. The maximum atomic E-state index is 13.9. The molecule has 0 bridgehead atoms. The summed E-state index contributed by atoms with van der Waals surface area (Å²) in [6.07, 6.45) is 12.2. The van der Waals surface area contributed by atoms with Gasteiger partial charge in [0.05, 0.1) is 23.7 Å². The van der Waals surface area contributed by atoms with Gasteiger partial charge in [0, 0.05) is 81.6 Å². The highest BCUT2D eigenvalue weighted by atomic mass is 16.2. The monoisotopic (exact) mass is 684 g/mol. The number of benzene rings is 1. The summed E-state index contributed by atoms with van der Waals surface area (Å²) >= 11 is 0. The van der Waals surface area contributed by atoms with Crippen molar-refractivity contribution in [3.8, 4) is 28.5 Å². The molecule has 6 rings (SSSR count). The number of amides is 2. The lowest BCUT2D eigenvalue weighted by molar-refractivity contribution is 0.242. The average molecular weight is 685 g/mol. The van der Waals surface area contributed by atoms with Crippen LogP contribution in [0.15, 0.2) is 79.5 Å². The van der Waals surface area contributed by atoms with Crippen molar-refractivity contribution in [1.82, 2.24) is 40.0 Å². The number of carbonyl (C=O) groups excluding carboxylic acids is 1. The van der Waals surface area contributed by atoms with Crippen LogP contribution in [0.5, 0.6) is 0 Å². The van der Waals surface area contributed by atoms with E-state index < -0.39 is 0 Å². The summed E-state index contributed by atoms with van der Waals surface area (Å²) in [7, 11) is 3.91. The summed E-state index contributed by atoms with van der Waals surface area (Å²) in [5.74, 6) is 1.90. The van der Waals surface area contributed by atoms with E-state index >= 15 is 0 Å². The van der Waals surface area contributed by atoms with Crippen LogP contribution in [0.2, 0.25) is 0 Å². The van der Waals surface area contributed by atoms with Crippen LogP contribution in [-0.4, -0.2) is 73.5 Å². The van der Waals surface area contributed by atoms with Crippen LogP contribution in [0.1, 0.15) is 49.3 Å². The predicted octanol–water partition coefficient (Wildman–Crippen LogP) is 5.96. The van der Waals surface area contributed by atoms with Gasteiger partial charge < -0.3 is 10.2 Å². The van der Waals surface area contributed by atoms with Crippen molar-refractivity contribution in [2.24, 2.45) is 7.05 Å². The number of carbonyl (C=O) groups is 1. The molecule has 5 heterocycles. The molecule has 2 amide bonds. The number of aryl methyl sites for hydroxylation is 2. The maximum absolute atomic E-state index is 13.9. The first-order valence-electron chi connectivity index (χ1n) is 17.4. The Balaban J connectivity index is 1.18. The number of hydrogen-bond donors (Lipinski definition) is 2. The second-order valence-corrected chi connectivity index (χ2v) is 12.9. The van der Waals surface area contributed by atoms with E-state index in [4.69, 9.17) is 15.0 Å². The van der Waals surface area contributed by atoms with Gasteiger partial charge in [-0.3, -0.25) is 15.0 Å². The molecule has 13 heteroatoms. The molecule has 1 aromatic carbocycles. The van der Waals surface area contributed by atoms with Crippen molar-refractivity contribution in [2.45, 2.75) is 52.1 Å². The molecule has 1 saturated heterocycles. The Morgan fingerprint density at radius 3 is 2.53 bits per heavy atom. The summed E-state index contributed by atoms with van der Waals surface area (Å²) < 4.78 is 1.75. The molecule has 1 aliphatic heterocycles. The molecule has 51 heavy (non-hydrogen) atoms. The molecule has 2 N–H and O–H groups in total. The molecule has 0 saturated carbocycles. The van der Waals surface area contributed by atoms with Gasteiger partial charge in [0.1, 0.15) is 17.7 Å². The Hall–Kier alpha value is -5.87. The standard InChI is InChI=1S/C38H44N12O/c1-5-16-47(3)36-27(2)19-30(23-41-36)35-31(20-39)24-42-37(45-35)46-49-17-9-12-33(15-18-49)50(38(51)43-21-28-10-7-6-8-11-28)34-14-13-29(22-40-34)32-25-44-48(4)26-32/h6-8,10-11,13-14,19,22-26,33H,5,9,12,15-18,21H2,1-4H3,(H,43,51)(H,42,45,46). The van der Waals surface area contributed by atoms with Gasteiger partial charge in [-0.1, -0.05) is 37.3 Å². The summed E-state index contributed by atoms with van der Waals surface area (Å²) in [6, 6.07) is 17.7. The average Bonchev–Trinajstić information content (AvgIpc) is 3.46. The Morgan fingerprint density at radius 1 is 1.00 bits per heavy atom. The highest BCUT2D eigenvalue weighted by Crippen LogP contribution is 2.28. The number of hydrazine groups is 1. The van der Waals surface area contributed by atoms with E-state index in [1.165, 1.54) is 0 Å². The fourth-order valence-electron chi connectivity index (χ4n) is 6.45. The lowest BCUT2D eigenvalue weighted by atomic mass is 10.1. The summed E-state index contributed by atoms with van der Waals surface area (Å²) in [6.45, 7) is 6.84. The van der Waals surface area contributed by atoms with Crippen LogP contribution in [0.3, 0.4) is 0 Å². The molecular formula is C38H44N12O. The zero-order chi connectivity index (χ0) is 35.7. The van der Waals surface area contributed by atoms with Gasteiger partial charge in [-0.25, -0.2) is 29.7 Å². The lowest BCUT2D eigenvalue weighted by Crippen LogP contribution is -2.47. The molecule has 13 nitrogen and oxygen atoms in total. The number of rotatable bonds is 11. The first-order valence-corrected chi connectivity index (χ1v) is 17.4. The van der Waals surface area contributed by atoms with Crippen molar-refractivity contribution in [1.29, 1.82) is 5.26 Å². The van der Waals surface area contributed by atoms with Gasteiger partial charge in [-0.2, -0.15) is 10.4 Å². The summed E-state index contributed by atoms with van der Waals surface area (Å²) in [4.78, 5) is 36.5. The first-order chi connectivity index (χ1) is 24.8. The molecule has 1 fully saturated rings. The summed E-state index contributed by atoms with van der Waals surface area (Å²) in [5.41, 5.74) is 8.98. The molecule has 0 radical (unpaired) electrons. The van der Waals surface area contributed by atoms with Crippen molar-refractivity contribution in [3.63, 3.8) is 0 Å². The van der Waals surface area contributed by atoms with Crippen LogP contribution in [0.25, 0.3) is 22.4 Å². The van der Waals surface area contributed by atoms with Gasteiger partial charge in [-0.05, 0) is 61.9 Å². The highest BCUT2D eigenvalue weighted by Gasteiger charge is 2.29. The van der Waals surface area contributed by atoms with E-state index in [9.17, 15) is 10.1 Å². The minimum atomic E-state index is -0.192. The van der Waals surface area contributed by atoms with Gasteiger partial charge in [0.25, 0.3) is 0 Å². The minimum absolute atomic E-state index is 0.0971. The number of urea groups is 1. The number of nitrogens with one attached hydrogen (secondary N) is 2. The van der Waals surface area contributed by atoms with Gasteiger partial charge in [0.2, 0.25) is 5.95 Å². The van der Waals surface area contributed by atoms with Crippen molar-refractivity contribution in [2.75, 3.05) is 41.9 Å². The van der Waals surface area contributed by atoms with Crippen LogP contribution >= 0.6 is 0 Å². The van der Waals surface area contributed by atoms with Gasteiger partial charge in [-0.15, -0.1) is 0 Å². The van der Waals surface area contributed by atoms with E-state index in [1.54, 1.807) is 34.4 Å². The number of pyridine rings is 2. The second kappa shape index (κ2) is 16.2. The zero-order valence-electron chi connectivity index (χ0n) is 29.6. The molecule has 5 aromatic rings. The lowest BCUT2D eigenvalue weighted by Gasteiger charge is -2.30. The molecule has 4 aromatic heterocycles. The Labute approximate surface area is 299 Å². The Bertz CT molecular complexity index is 1970. The van der Waals surface area contributed by atoms with Crippen molar-refractivity contribution >= 4 is 23.6 Å². The number of aromatic nitrogens is 6. The number of nitrogens with zero attached hydrogens (tertiary/aromatic N) is 10. The molecule has 1 atom stereocenters. The van der Waals surface area contributed by atoms with E-state index in [0.717, 1.165) is 66.0 Å². The van der Waals surface area contributed by atoms with Crippen LogP contribution in [0.4, 0.5) is 22.4 Å². The SMILES string of the molecule is CCCN(C)c1ncc(-c2nc(NN3CCCC(N(C(=O)NCc4ccccc4)c4ccc(-c5cnn(C)c5)cn4)CC3)ncc2C#N)cc1C. The molecule has 1 unspecified atom stereocenters. The van der Waals surface area contributed by atoms with Gasteiger partial charge in [0.15, 0.2) is 0 Å². The summed E-state index contributed by atoms with van der Waals surface area (Å²) in [5, 5.41) is 19.3. The van der Waals surface area contributed by atoms with Crippen LogP contribution < -0.4 is 20.5 Å². The quantitative estimate of drug-likeness (QED) is 0.171. The Kier molecular flexibility index (Phi) is 11.1. The zero-order valence-corrected chi connectivity index (χ0v) is 29.6. The van der Waals surface area contributed by atoms with Crippen molar-refractivity contribution in [3.05, 3.63) is 96.2 Å². The molecule has 1 aliphatic rings. The predicted molar refractivity (Wildman–Crippen MR) is 199 cm³/mol. The third kappa shape index (κ3) is 8.48. The number of nitriles is 1. The largest absolute Gasteiger partial charge is 0.359 e. The van der Waals surface area contributed by atoms with Gasteiger partial charge >= 0.3 is 6.03 Å². The topological polar surface area (TPSA) is 144 Å². The third-order valence-corrected chi connectivity index (χ3v) is 9.01. The van der Waals surface area contributed by atoms with Crippen molar-refractivity contribution < 1.29 is 4.79 Å². The fourth-order valence-corrected chi connectivity index (χ4v) is 6.45. The fraction of sp³-hybridized carbons (Fsp3) is 0.342. The Morgan fingerprint density at radius 2 is 1.82 bits per heavy atom. The third-order valence-electron chi connectivity index (χ3n) is 9.01. The molecular weight excluding hydrogens is 641 g/mol. The normalized spacial score (nSPS) is 14.7.